The highest BCUT2D eigenvalue weighted by Gasteiger charge is 2.14. The average Bonchev–Trinajstić information content (AvgIpc) is 2.10. The third-order valence-corrected chi connectivity index (χ3v) is 2.04. The molecule has 0 heterocycles. The minimum atomic E-state index is -0.392. The number of nitrogens with zero attached hydrogens (tertiary/aromatic N) is 1. The SMILES string of the molecule is CC1=CC(=O)C=C(C)C1=NC(=O)CCl. The Morgan fingerprint density at radius 3 is 2.29 bits per heavy atom. The molecule has 0 saturated carbocycles. The van der Waals surface area contributed by atoms with Crippen LogP contribution in [0, 0.1) is 0 Å². The van der Waals surface area contributed by atoms with Gasteiger partial charge in [-0.05, 0) is 37.1 Å². The van der Waals surface area contributed by atoms with Crippen LogP contribution in [-0.2, 0) is 9.59 Å². The second kappa shape index (κ2) is 4.33. The predicted molar refractivity (Wildman–Crippen MR) is 55.7 cm³/mol. The third kappa shape index (κ3) is 2.39. The van der Waals surface area contributed by atoms with Gasteiger partial charge >= 0.3 is 0 Å². The Kier molecular flexibility index (Phi) is 3.36. The fourth-order valence-corrected chi connectivity index (χ4v) is 1.31. The van der Waals surface area contributed by atoms with E-state index in [4.69, 9.17) is 11.6 Å². The zero-order valence-corrected chi connectivity index (χ0v) is 8.76. The van der Waals surface area contributed by atoms with Crippen molar-refractivity contribution >= 4 is 29.0 Å². The lowest BCUT2D eigenvalue weighted by Gasteiger charge is -2.10. The lowest BCUT2D eigenvalue weighted by atomic mass is 9.97. The molecule has 0 atom stereocenters. The van der Waals surface area contributed by atoms with Crippen LogP contribution in [0.1, 0.15) is 13.8 Å². The minimum absolute atomic E-state index is 0.0720. The first kappa shape index (κ1) is 10.9. The van der Waals surface area contributed by atoms with Gasteiger partial charge in [-0.25, -0.2) is 4.99 Å². The summed E-state index contributed by atoms with van der Waals surface area (Å²) in [6.45, 7) is 3.49. The van der Waals surface area contributed by atoms with Gasteiger partial charge in [-0.15, -0.1) is 11.6 Å². The molecule has 0 aromatic heterocycles. The first-order valence-corrected chi connectivity index (χ1v) is 4.67. The molecular weight excluding hydrogens is 202 g/mol. The maximum Gasteiger partial charge on any atom is 0.261 e. The number of rotatable bonds is 1. The highest BCUT2D eigenvalue weighted by Crippen LogP contribution is 2.13. The number of hydrogen-bond donors (Lipinski definition) is 0. The van der Waals surface area contributed by atoms with Crippen LogP contribution in [0.15, 0.2) is 28.3 Å². The lowest BCUT2D eigenvalue weighted by molar-refractivity contribution is -0.115. The van der Waals surface area contributed by atoms with Gasteiger partial charge < -0.3 is 0 Å². The highest BCUT2D eigenvalue weighted by atomic mass is 35.5. The largest absolute Gasteiger partial charge is 0.290 e. The summed E-state index contributed by atoms with van der Waals surface area (Å²) in [7, 11) is 0. The molecule has 1 rings (SSSR count). The number of carbonyl (C=O) groups is 2. The van der Waals surface area contributed by atoms with E-state index < -0.39 is 5.91 Å². The smallest absolute Gasteiger partial charge is 0.261 e. The Morgan fingerprint density at radius 1 is 1.36 bits per heavy atom. The molecule has 0 saturated heterocycles. The van der Waals surface area contributed by atoms with Crippen LogP contribution in [-0.4, -0.2) is 23.3 Å². The van der Waals surface area contributed by atoms with Gasteiger partial charge in [0.2, 0.25) is 0 Å². The van der Waals surface area contributed by atoms with Gasteiger partial charge in [0, 0.05) is 0 Å². The van der Waals surface area contributed by atoms with Gasteiger partial charge in [0.25, 0.3) is 5.91 Å². The molecule has 0 bridgehead atoms. The summed E-state index contributed by atoms with van der Waals surface area (Å²) in [4.78, 5) is 25.9. The molecule has 74 valence electrons. The summed E-state index contributed by atoms with van der Waals surface area (Å²) >= 11 is 5.33. The Bertz CT molecular complexity index is 354. The van der Waals surface area contributed by atoms with Crippen molar-refractivity contribution in [2.45, 2.75) is 13.8 Å². The molecule has 1 aliphatic rings. The van der Waals surface area contributed by atoms with Crippen LogP contribution in [0.4, 0.5) is 0 Å². The molecule has 0 fully saturated rings. The molecule has 1 amide bonds. The van der Waals surface area contributed by atoms with Crippen LogP contribution >= 0.6 is 11.6 Å². The quantitative estimate of drug-likeness (QED) is 0.489. The maximum absolute atomic E-state index is 11.1. The number of allylic oxidation sites excluding steroid dienone is 4. The van der Waals surface area contributed by atoms with Gasteiger partial charge in [-0.2, -0.15) is 0 Å². The fourth-order valence-electron chi connectivity index (χ4n) is 1.25. The van der Waals surface area contributed by atoms with Crippen molar-refractivity contribution in [1.82, 2.24) is 0 Å². The summed E-state index contributed by atoms with van der Waals surface area (Å²) in [5, 5.41) is 0. The molecule has 0 N–H and O–H groups in total. The summed E-state index contributed by atoms with van der Waals surface area (Å²) in [6, 6.07) is 0. The van der Waals surface area contributed by atoms with E-state index in [2.05, 4.69) is 4.99 Å². The van der Waals surface area contributed by atoms with E-state index in [0.29, 0.717) is 16.9 Å². The monoisotopic (exact) mass is 211 g/mol. The predicted octanol–water partition coefficient (Wildman–Crippen LogP) is 1.67. The van der Waals surface area contributed by atoms with E-state index in [1.54, 1.807) is 13.8 Å². The van der Waals surface area contributed by atoms with E-state index in [-0.39, 0.29) is 11.7 Å². The molecular formula is C10H10ClNO2. The zero-order valence-electron chi connectivity index (χ0n) is 8.00. The van der Waals surface area contributed by atoms with Crippen LogP contribution < -0.4 is 0 Å². The van der Waals surface area contributed by atoms with Gasteiger partial charge in [-0.1, -0.05) is 0 Å². The average molecular weight is 212 g/mol. The van der Waals surface area contributed by atoms with E-state index in [1.807, 2.05) is 0 Å². The van der Waals surface area contributed by atoms with Crippen molar-refractivity contribution in [1.29, 1.82) is 0 Å². The molecule has 3 nitrogen and oxygen atoms in total. The number of carbonyl (C=O) groups excluding carboxylic acids is 2. The first-order valence-electron chi connectivity index (χ1n) is 4.13. The molecule has 0 radical (unpaired) electrons. The molecule has 0 aliphatic heterocycles. The Hall–Kier alpha value is -1.22. The highest BCUT2D eigenvalue weighted by molar-refractivity contribution is 6.30. The van der Waals surface area contributed by atoms with E-state index in [9.17, 15) is 9.59 Å². The summed E-state index contributed by atoms with van der Waals surface area (Å²) in [5.74, 6) is -0.605. The zero-order chi connectivity index (χ0) is 10.7. The standard InChI is InChI=1S/C10H10ClNO2/c1-6-3-8(13)4-7(2)10(6)12-9(14)5-11/h3-4H,5H2,1-2H3. The van der Waals surface area contributed by atoms with Crippen LogP contribution in [0.2, 0.25) is 0 Å². The number of ketones is 1. The normalized spacial score (nSPS) is 16.2. The van der Waals surface area contributed by atoms with Crippen molar-refractivity contribution in [3.05, 3.63) is 23.3 Å². The number of amides is 1. The number of hydrogen-bond acceptors (Lipinski definition) is 2. The lowest BCUT2D eigenvalue weighted by Crippen LogP contribution is -2.13. The van der Waals surface area contributed by atoms with Crippen molar-refractivity contribution < 1.29 is 9.59 Å². The Labute approximate surface area is 87.2 Å². The second-order valence-corrected chi connectivity index (χ2v) is 3.31. The van der Waals surface area contributed by atoms with Gasteiger partial charge in [0.1, 0.15) is 5.88 Å². The Balaban J connectivity index is 3.06. The summed E-state index contributed by atoms with van der Waals surface area (Å²) in [5.41, 5.74) is 1.96. The van der Waals surface area contributed by atoms with Crippen molar-refractivity contribution in [2.75, 3.05) is 5.88 Å². The fraction of sp³-hybridized carbons (Fsp3) is 0.300. The van der Waals surface area contributed by atoms with Gasteiger partial charge in [0.05, 0.1) is 5.71 Å². The van der Waals surface area contributed by atoms with Gasteiger partial charge in [0.15, 0.2) is 5.78 Å². The third-order valence-electron chi connectivity index (χ3n) is 1.82. The molecule has 14 heavy (non-hydrogen) atoms. The second-order valence-electron chi connectivity index (χ2n) is 3.04. The summed E-state index contributed by atoms with van der Waals surface area (Å²) < 4.78 is 0. The molecule has 0 unspecified atom stereocenters. The van der Waals surface area contributed by atoms with Crippen LogP contribution in [0.5, 0.6) is 0 Å². The topological polar surface area (TPSA) is 46.5 Å². The van der Waals surface area contributed by atoms with E-state index in [1.165, 1.54) is 12.2 Å². The van der Waals surface area contributed by atoms with Crippen LogP contribution in [0.25, 0.3) is 0 Å². The maximum atomic E-state index is 11.1. The van der Waals surface area contributed by atoms with Gasteiger partial charge in [-0.3, -0.25) is 9.59 Å². The number of halogens is 1. The van der Waals surface area contributed by atoms with E-state index in [0.717, 1.165) is 0 Å². The molecule has 0 spiro atoms. The summed E-state index contributed by atoms with van der Waals surface area (Å²) in [6.07, 6.45) is 2.90. The number of alkyl halides is 1. The molecule has 0 aromatic carbocycles. The van der Waals surface area contributed by atoms with Crippen molar-refractivity contribution in [3.8, 4) is 0 Å². The number of aliphatic imine (C=N–C) groups is 1. The minimum Gasteiger partial charge on any atom is -0.290 e. The van der Waals surface area contributed by atoms with E-state index >= 15 is 0 Å². The molecule has 0 aromatic rings. The van der Waals surface area contributed by atoms with Crippen LogP contribution in [0.3, 0.4) is 0 Å². The van der Waals surface area contributed by atoms with Crippen molar-refractivity contribution in [3.63, 3.8) is 0 Å². The molecule has 4 heteroatoms. The Morgan fingerprint density at radius 2 is 1.86 bits per heavy atom. The molecule has 1 aliphatic carbocycles. The first-order chi connectivity index (χ1) is 6.54. The van der Waals surface area contributed by atoms with Crippen molar-refractivity contribution in [2.24, 2.45) is 4.99 Å².